The van der Waals surface area contributed by atoms with Gasteiger partial charge in [0.15, 0.2) is 0 Å². The number of imidazole rings is 1. The minimum atomic E-state index is -0.203. The number of fused-ring (bicyclic) bond motifs is 1. The van der Waals surface area contributed by atoms with Gasteiger partial charge in [0.1, 0.15) is 5.82 Å². The van der Waals surface area contributed by atoms with Gasteiger partial charge in [-0.25, -0.2) is 4.98 Å². The molecule has 1 aromatic heterocycles. The lowest BCUT2D eigenvalue weighted by Gasteiger charge is -2.02. The lowest BCUT2D eigenvalue weighted by Crippen LogP contribution is -2.21. The number of aromatic amines is 1. The largest absolute Gasteiger partial charge is 0.342 e. The van der Waals surface area contributed by atoms with E-state index in [0.29, 0.717) is 0 Å². The second-order valence-corrected chi connectivity index (χ2v) is 3.31. The summed E-state index contributed by atoms with van der Waals surface area (Å²) in [6.07, 6.45) is 0. The Hall–Kier alpha value is -1.88. The fraction of sp³-hybridized carbons (Fsp3) is 0.200. The van der Waals surface area contributed by atoms with E-state index in [9.17, 15) is 4.79 Å². The molecule has 78 valence electrons. The number of nitrogens with two attached hydrogens (primary N) is 1. The molecular formula is C10H12N4O. The zero-order chi connectivity index (χ0) is 10.8. The summed E-state index contributed by atoms with van der Waals surface area (Å²) >= 11 is 0. The number of H-pyrrole nitrogens is 1. The second-order valence-electron chi connectivity index (χ2n) is 3.31. The van der Waals surface area contributed by atoms with Gasteiger partial charge in [0.2, 0.25) is 5.91 Å². The van der Waals surface area contributed by atoms with Crippen LogP contribution in [-0.2, 0) is 4.79 Å². The molecule has 2 aromatic rings. The van der Waals surface area contributed by atoms with Crippen molar-refractivity contribution in [1.29, 1.82) is 0 Å². The third kappa shape index (κ3) is 1.97. The van der Waals surface area contributed by atoms with Gasteiger partial charge >= 0.3 is 0 Å². The molecular weight excluding hydrogens is 192 g/mol. The Morgan fingerprint density at radius 1 is 1.60 bits per heavy atom. The molecule has 5 nitrogen and oxygen atoms in total. The van der Waals surface area contributed by atoms with Crippen molar-refractivity contribution < 1.29 is 4.79 Å². The molecule has 1 aromatic carbocycles. The van der Waals surface area contributed by atoms with Crippen molar-refractivity contribution in [2.45, 2.75) is 6.92 Å². The van der Waals surface area contributed by atoms with Crippen molar-refractivity contribution in [2.24, 2.45) is 5.73 Å². The van der Waals surface area contributed by atoms with Crippen LogP contribution in [-0.4, -0.2) is 22.4 Å². The molecule has 0 radical (unpaired) electrons. The van der Waals surface area contributed by atoms with E-state index in [-0.39, 0.29) is 12.5 Å². The minimum Gasteiger partial charge on any atom is -0.342 e. The molecule has 1 amide bonds. The quantitative estimate of drug-likeness (QED) is 0.675. The fourth-order valence-corrected chi connectivity index (χ4v) is 1.43. The molecule has 0 saturated carbocycles. The lowest BCUT2D eigenvalue weighted by atomic mass is 10.3. The summed E-state index contributed by atoms with van der Waals surface area (Å²) in [5.74, 6) is 0.651. The molecule has 0 aliphatic carbocycles. The Bertz CT molecular complexity index is 503. The molecule has 15 heavy (non-hydrogen) atoms. The number of rotatable bonds is 2. The predicted octanol–water partition coefficient (Wildman–Crippen LogP) is 0.769. The lowest BCUT2D eigenvalue weighted by molar-refractivity contribution is -0.114. The standard InChI is InChI=1S/C10H12N4O/c1-6-12-8-3-2-7(4-9(8)13-6)14-10(15)5-11/h2-4H,5,11H2,1H3,(H,12,13)(H,14,15). The number of hydrogen-bond acceptors (Lipinski definition) is 3. The number of nitrogens with zero attached hydrogens (tertiary/aromatic N) is 1. The van der Waals surface area contributed by atoms with Gasteiger partial charge in [0.05, 0.1) is 17.6 Å². The van der Waals surface area contributed by atoms with Crippen molar-refractivity contribution in [3.63, 3.8) is 0 Å². The molecule has 0 aliphatic rings. The van der Waals surface area contributed by atoms with Crippen molar-refractivity contribution in [2.75, 3.05) is 11.9 Å². The SMILES string of the molecule is Cc1nc2ccc(NC(=O)CN)cc2[nH]1. The van der Waals surface area contributed by atoms with Crippen LogP contribution in [0.5, 0.6) is 0 Å². The number of hydrogen-bond donors (Lipinski definition) is 3. The number of aromatic nitrogens is 2. The van der Waals surface area contributed by atoms with Crippen molar-refractivity contribution >= 4 is 22.6 Å². The summed E-state index contributed by atoms with van der Waals surface area (Å²) < 4.78 is 0. The van der Waals surface area contributed by atoms with Crippen LogP contribution in [0, 0.1) is 6.92 Å². The Morgan fingerprint density at radius 2 is 2.40 bits per heavy atom. The maximum atomic E-state index is 11.1. The summed E-state index contributed by atoms with van der Waals surface area (Å²) in [5, 5.41) is 2.68. The predicted molar refractivity (Wildman–Crippen MR) is 58.5 cm³/mol. The van der Waals surface area contributed by atoms with Crippen LogP contribution in [0.1, 0.15) is 5.82 Å². The third-order valence-electron chi connectivity index (χ3n) is 2.07. The Labute approximate surface area is 86.7 Å². The van der Waals surface area contributed by atoms with Crippen LogP contribution >= 0.6 is 0 Å². The van der Waals surface area contributed by atoms with E-state index in [1.807, 2.05) is 19.1 Å². The average Bonchev–Trinajstić information content (AvgIpc) is 2.57. The van der Waals surface area contributed by atoms with Gasteiger partial charge in [0, 0.05) is 5.69 Å². The van der Waals surface area contributed by atoms with Gasteiger partial charge < -0.3 is 16.0 Å². The van der Waals surface area contributed by atoms with Crippen molar-refractivity contribution in [3.05, 3.63) is 24.0 Å². The number of aryl methyl sites for hydroxylation is 1. The normalized spacial score (nSPS) is 10.5. The summed E-state index contributed by atoms with van der Waals surface area (Å²) in [6.45, 7) is 1.87. The van der Waals surface area contributed by atoms with Gasteiger partial charge in [0.25, 0.3) is 0 Å². The van der Waals surface area contributed by atoms with Crippen LogP contribution in [0.4, 0.5) is 5.69 Å². The smallest absolute Gasteiger partial charge is 0.238 e. The van der Waals surface area contributed by atoms with Crippen LogP contribution in [0.15, 0.2) is 18.2 Å². The summed E-state index contributed by atoms with van der Waals surface area (Å²) in [4.78, 5) is 18.4. The molecule has 0 fully saturated rings. The van der Waals surface area contributed by atoms with Crippen LogP contribution in [0.2, 0.25) is 0 Å². The number of benzene rings is 1. The van der Waals surface area contributed by atoms with E-state index in [2.05, 4.69) is 15.3 Å². The molecule has 0 aliphatic heterocycles. The maximum Gasteiger partial charge on any atom is 0.238 e. The topological polar surface area (TPSA) is 83.8 Å². The fourth-order valence-electron chi connectivity index (χ4n) is 1.43. The first kappa shape index (κ1) is 9.67. The molecule has 0 unspecified atom stereocenters. The maximum absolute atomic E-state index is 11.1. The Kier molecular flexibility index (Phi) is 2.39. The average molecular weight is 204 g/mol. The van der Waals surface area contributed by atoms with E-state index in [0.717, 1.165) is 22.5 Å². The zero-order valence-electron chi connectivity index (χ0n) is 8.37. The van der Waals surface area contributed by atoms with Crippen molar-refractivity contribution in [3.8, 4) is 0 Å². The zero-order valence-corrected chi connectivity index (χ0v) is 8.37. The Balaban J connectivity index is 2.33. The highest BCUT2D eigenvalue weighted by Gasteiger charge is 2.02. The first-order valence-electron chi connectivity index (χ1n) is 4.65. The second kappa shape index (κ2) is 3.70. The molecule has 1 heterocycles. The van der Waals surface area contributed by atoms with Gasteiger partial charge in [-0.05, 0) is 25.1 Å². The highest BCUT2D eigenvalue weighted by molar-refractivity contribution is 5.94. The van der Waals surface area contributed by atoms with Crippen LogP contribution in [0.25, 0.3) is 11.0 Å². The number of amides is 1. The minimum absolute atomic E-state index is 0.0138. The van der Waals surface area contributed by atoms with Gasteiger partial charge in [-0.3, -0.25) is 4.79 Å². The van der Waals surface area contributed by atoms with Crippen molar-refractivity contribution in [1.82, 2.24) is 9.97 Å². The van der Waals surface area contributed by atoms with E-state index in [4.69, 9.17) is 5.73 Å². The number of carbonyl (C=O) groups is 1. The molecule has 4 N–H and O–H groups in total. The van der Waals surface area contributed by atoms with Crippen LogP contribution in [0.3, 0.4) is 0 Å². The Morgan fingerprint density at radius 3 is 3.13 bits per heavy atom. The first-order valence-corrected chi connectivity index (χ1v) is 4.65. The van der Waals surface area contributed by atoms with Crippen LogP contribution < -0.4 is 11.1 Å². The van der Waals surface area contributed by atoms with Gasteiger partial charge in [-0.1, -0.05) is 0 Å². The summed E-state index contributed by atoms with van der Waals surface area (Å²) in [5.41, 5.74) is 7.72. The monoisotopic (exact) mass is 204 g/mol. The number of anilines is 1. The molecule has 0 spiro atoms. The molecule has 0 saturated heterocycles. The molecule has 0 bridgehead atoms. The summed E-state index contributed by atoms with van der Waals surface area (Å²) in [7, 11) is 0. The number of nitrogens with one attached hydrogen (secondary N) is 2. The highest BCUT2D eigenvalue weighted by atomic mass is 16.1. The van der Waals surface area contributed by atoms with E-state index < -0.39 is 0 Å². The number of carbonyl (C=O) groups excluding carboxylic acids is 1. The highest BCUT2D eigenvalue weighted by Crippen LogP contribution is 2.16. The summed E-state index contributed by atoms with van der Waals surface area (Å²) in [6, 6.07) is 5.49. The molecule has 0 atom stereocenters. The van der Waals surface area contributed by atoms with E-state index in [1.165, 1.54) is 0 Å². The van der Waals surface area contributed by atoms with E-state index in [1.54, 1.807) is 6.07 Å². The third-order valence-corrected chi connectivity index (χ3v) is 2.07. The molecule has 5 heteroatoms. The van der Waals surface area contributed by atoms with Gasteiger partial charge in [-0.2, -0.15) is 0 Å². The van der Waals surface area contributed by atoms with Gasteiger partial charge in [-0.15, -0.1) is 0 Å². The molecule has 2 rings (SSSR count). The first-order chi connectivity index (χ1) is 7.19. The van der Waals surface area contributed by atoms with E-state index >= 15 is 0 Å².